The second-order valence-electron chi connectivity index (χ2n) is 6.65. The molecule has 0 radical (unpaired) electrons. The fraction of sp³-hybridized carbons (Fsp3) is 0.318. The average molecular weight is 407 g/mol. The number of nitrogens with zero attached hydrogens (tertiary/aromatic N) is 1. The zero-order valence-corrected chi connectivity index (χ0v) is 15.6. The molecule has 3 nitrogen and oxygen atoms in total. The van der Waals surface area contributed by atoms with Crippen molar-refractivity contribution >= 4 is 5.91 Å². The Balaban J connectivity index is 0.00000300. The number of ether oxygens (including phenoxy) is 1. The van der Waals surface area contributed by atoms with Crippen LogP contribution in [0.3, 0.4) is 0 Å². The Labute approximate surface area is 166 Å². The van der Waals surface area contributed by atoms with Crippen LogP contribution < -0.4 is 0 Å². The van der Waals surface area contributed by atoms with Crippen LogP contribution in [0, 0.1) is 29.8 Å². The summed E-state index contributed by atoms with van der Waals surface area (Å²) in [5, 5.41) is 0. The Bertz CT molecular complexity index is 879. The number of carbonyl (C=O) groups is 1. The van der Waals surface area contributed by atoms with E-state index in [4.69, 9.17) is 11.2 Å². The van der Waals surface area contributed by atoms with E-state index in [1.165, 1.54) is 18.2 Å². The van der Waals surface area contributed by atoms with Gasteiger partial charge in [-0.3, -0.25) is 9.50 Å². The Morgan fingerprint density at radius 2 is 1.72 bits per heavy atom. The fourth-order valence-electron chi connectivity index (χ4n) is 3.50. The molecular formula is C22H21F4NO2. The van der Waals surface area contributed by atoms with Crippen LogP contribution in [0.15, 0.2) is 42.5 Å². The third kappa shape index (κ3) is 5.15. The third-order valence-corrected chi connectivity index (χ3v) is 4.81. The van der Waals surface area contributed by atoms with Gasteiger partial charge in [-0.15, -0.1) is 6.42 Å². The lowest BCUT2D eigenvalue weighted by molar-refractivity contribution is -0.140. The summed E-state index contributed by atoms with van der Waals surface area (Å²) < 4.78 is 46.6. The van der Waals surface area contributed by atoms with E-state index in [1.807, 2.05) is 0 Å². The molecule has 1 saturated heterocycles. The molecule has 0 saturated carbocycles. The quantitative estimate of drug-likeness (QED) is 0.513. The van der Waals surface area contributed by atoms with E-state index in [0.29, 0.717) is 24.1 Å². The molecule has 2 aromatic rings. The van der Waals surface area contributed by atoms with Crippen molar-refractivity contribution in [1.29, 1.82) is 0 Å². The lowest BCUT2D eigenvalue weighted by Gasteiger charge is -2.39. The Morgan fingerprint density at radius 3 is 2.34 bits per heavy atom. The Morgan fingerprint density at radius 1 is 1.03 bits per heavy atom. The van der Waals surface area contributed by atoms with Crippen molar-refractivity contribution in [3.63, 3.8) is 0 Å². The number of hydrogen-bond acceptors (Lipinski definition) is 2. The Kier molecular flexibility index (Phi) is 7.80. The topological polar surface area (TPSA) is 29.5 Å². The van der Waals surface area contributed by atoms with Gasteiger partial charge in [0.1, 0.15) is 18.5 Å². The molecule has 0 bridgehead atoms. The third-order valence-electron chi connectivity index (χ3n) is 4.81. The Hall–Kier alpha value is -2.85. The van der Waals surface area contributed by atoms with Crippen molar-refractivity contribution in [3.05, 3.63) is 71.0 Å². The molecule has 0 unspecified atom stereocenters. The molecular weight excluding hydrogens is 386 g/mol. The molecule has 1 fully saturated rings. The number of amides is 1. The second kappa shape index (κ2) is 10.1. The largest absolute Gasteiger partial charge is 0.358 e. The molecule has 1 aliphatic rings. The van der Waals surface area contributed by atoms with Crippen molar-refractivity contribution in [2.24, 2.45) is 0 Å². The maximum atomic E-state index is 13.9. The van der Waals surface area contributed by atoms with E-state index in [0.717, 1.165) is 25.0 Å². The van der Waals surface area contributed by atoms with Crippen LogP contribution in [0.25, 0.3) is 0 Å². The standard InChI is InChI=1S/C22H20F3NO2.FH/c1-2-13-28-22(16-8-11-18(24)19(25)14-16)21(15-6-9-17(23)10-7-15)26-12-4-3-5-20(26)27;/h1,6-11,14,21-22H,3-5,12-13H2;1H/t21-,22+;/m1./s1. The van der Waals surface area contributed by atoms with E-state index < -0.39 is 29.6 Å². The smallest absolute Gasteiger partial charge is 0.223 e. The molecule has 0 aliphatic carbocycles. The molecule has 2 atom stereocenters. The first kappa shape index (κ1) is 22.4. The lowest BCUT2D eigenvalue weighted by Crippen LogP contribution is -2.41. The van der Waals surface area contributed by atoms with Gasteiger partial charge in [0.25, 0.3) is 0 Å². The summed E-state index contributed by atoms with van der Waals surface area (Å²) in [6.45, 7) is 0.407. The van der Waals surface area contributed by atoms with Gasteiger partial charge in [0, 0.05) is 13.0 Å². The van der Waals surface area contributed by atoms with Crippen LogP contribution in [0.4, 0.5) is 17.9 Å². The number of benzene rings is 2. The normalized spacial score (nSPS) is 15.9. The van der Waals surface area contributed by atoms with Crippen LogP contribution in [-0.2, 0) is 9.53 Å². The molecule has 154 valence electrons. The van der Waals surface area contributed by atoms with Gasteiger partial charge >= 0.3 is 0 Å². The van der Waals surface area contributed by atoms with Gasteiger partial charge in [0.2, 0.25) is 5.91 Å². The SMILES string of the molecule is C#CCO[C@@H](c1ccc(F)c(F)c1)[C@@H](c1ccc(F)cc1)N1CCCCC1=O.F. The maximum absolute atomic E-state index is 13.9. The predicted molar refractivity (Wildman–Crippen MR) is 101 cm³/mol. The summed E-state index contributed by atoms with van der Waals surface area (Å²) in [4.78, 5) is 14.3. The summed E-state index contributed by atoms with van der Waals surface area (Å²) in [5.41, 5.74) is 0.977. The maximum Gasteiger partial charge on any atom is 0.223 e. The van der Waals surface area contributed by atoms with Crippen molar-refractivity contribution in [2.75, 3.05) is 13.2 Å². The summed E-state index contributed by atoms with van der Waals surface area (Å²) in [6, 6.07) is 8.53. The van der Waals surface area contributed by atoms with Gasteiger partial charge < -0.3 is 9.64 Å². The number of rotatable bonds is 6. The van der Waals surface area contributed by atoms with E-state index in [2.05, 4.69) is 5.92 Å². The van der Waals surface area contributed by atoms with Gasteiger partial charge in [0.15, 0.2) is 11.6 Å². The second-order valence-corrected chi connectivity index (χ2v) is 6.65. The van der Waals surface area contributed by atoms with Crippen molar-refractivity contribution in [2.45, 2.75) is 31.4 Å². The number of piperidine rings is 1. The number of halogens is 4. The molecule has 7 heteroatoms. The molecule has 0 aromatic heterocycles. The first-order valence-electron chi connectivity index (χ1n) is 9.06. The monoisotopic (exact) mass is 407 g/mol. The summed E-state index contributed by atoms with van der Waals surface area (Å²) in [5.74, 6) is -0.116. The van der Waals surface area contributed by atoms with E-state index in [9.17, 15) is 18.0 Å². The van der Waals surface area contributed by atoms with Crippen LogP contribution in [0.2, 0.25) is 0 Å². The van der Waals surface area contributed by atoms with Crippen LogP contribution in [-0.4, -0.2) is 24.0 Å². The number of hydrogen-bond donors (Lipinski definition) is 0. The molecule has 1 aliphatic heterocycles. The van der Waals surface area contributed by atoms with Gasteiger partial charge in [-0.05, 0) is 48.2 Å². The van der Waals surface area contributed by atoms with Crippen LogP contribution in [0.5, 0.6) is 0 Å². The summed E-state index contributed by atoms with van der Waals surface area (Å²) in [7, 11) is 0. The van der Waals surface area contributed by atoms with Crippen molar-refractivity contribution in [3.8, 4) is 12.3 Å². The fourth-order valence-corrected chi connectivity index (χ4v) is 3.50. The molecule has 3 rings (SSSR count). The van der Waals surface area contributed by atoms with Crippen molar-refractivity contribution in [1.82, 2.24) is 4.90 Å². The first-order chi connectivity index (χ1) is 13.5. The van der Waals surface area contributed by atoms with Crippen molar-refractivity contribution < 1.29 is 27.4 Å². The van der Waals surface area contributed by atoms with Gasteiger partial charge in [-0.25, -0.2) is 13.2 Å². The minimum Gasteiger partial charge on any atom is -0.358 e. The van der Waals surface area contributed by atoms with Crippen LogP contribution >= 0.6 is 0 Å². The first-order valence-corrected chi connectivity index (χ1v) is 9.06. The highest BCUT2D eigenvalue weighted by atomic mass is 19.2. The van der Waals surface area contributed by atoms with Gasteiger partial charge in [-0.2, -0.15) is 0 Å². The minimum atomic E-state index is -1.02. The number of terminal acetylenes is 1. The van der Waals surface area contributed by atoms with E-state index in [-0.39, 0.29) is 17.2 Å². The zero-order valence-electron chi connectivity index (χ0n) is 15.6. The lowest BCUT2D eigenvalue weighted by atomic mass is 9.92. The summed E-state index contributed by atoms with van der Waals surface area (Å²) in [6.07, 6.45) is 6.48. The molecule has 29 heavy (non-hydrogen) atoms. The van der Waals surface area contributed by atoms with E-state index in [1.54, 1.807) is 17.0 Å². The van der Waals surface area contributed by atoms with Gasteiger partial charge in [-0.1, -0.05) is 24.1 Å². The summed E-state index contributed by atoms with van der Waals surface area (Å²) >= 11 is 0. The predicted octanol–water partition coefficient (Wildman–Crippen LogP) is 4.70. The molecule has 0 spiro atoms. The molecule has 2 aromatic carbocycles. The molecule has 1 amide bonds. The number of carbonyl (C=O) groups excluding carboxylic acids is 1. The highest BCUT2D eigenvalue weighted by Gasteiger charge is 2.35. The average Bonchev–Trinajstić information content (AvgIpc) is 2.69. The highest BCUT2D eigenvalue weighted by Crippen LogP contribution is 2.39. The molecule has 0 N–H and O–H groups in total. The highest BCUT2D eigenvalue weighted by molar-refractivity contribution is 5.77. The zero-order chi connectivity index (χ0) is 20.1. The van der Waals surface area contributed by atoms with E-state index >= 15 is 0 Å². The number of likely N-dealkylation sites (tertiary alicyclic amines) is 1. The minimum absolute atomic E-state index is 0. The van der Waals surface area contributed by atoms with Gasteiger partial charge in [0.05, 0.1) is 6.04 Å². The van der Waals surface area contributed by atoms with Crippen LogP contribution in [0.1, 0.15) is 42.5 Å². The molecule has 1 heterocycles.